The molecule has 6 heteroatoms. The molecule has 0 radical (unpaired) electrons. The van der Waals surface area contributed by atoms with Crippen LogP contribution in [-0.2, 0) is 11.3 Å². The zero-order valence-corrected chi connectivity index (χ0v) is 19.8. The third kappa shape index (κ3) is 3.53. The molecular weight excluding hydrogens is 400 g/mol. The highest BCUT2D eigenvalue weighted by atomic mass is 16.3. The van der Waals surface area contributed by atoms with Gasteiger partial charge in [0, 0.05) is 18.2 Å². The summed E-state index contributed by atoms with van der Waals surface area (Å²) in [6.45, 7) is 4.69. The summed E-state index contributed by atoms with van der Waals surface area (Å²) in [5.41, 5.74) is 0.0512. The highest BCUT2D eigenvalue weighted by molar-refractivity contribution is 5.82. The van der Waals surface area contributed by atoms with Crippen LogP contribution in [0, 0.1) is 52.3 Å². The van der Waals surface area contributed by atoms with E-state index < -0.39 is 5.60 Å². The SMILES string of the molecule is CNC1C[C@@](C)(O)C[C@H]2CC[C@@H]3[C@H](CC[C@]4(C)[C@@H](C(=O)Cn5cc(C#N)cn5)CC[C@@H]34)[C@@H]12. The molecule has 0 aliphatic heterocycles. The largest absolute Gasteiger partial charge is 0.390 e. The quantitative estimate of drug-likeness (QED) is 0.750. The van der Waals surface area contributed by atoms with Crippen molar-refractivity contribution in [1.29, 1.82) is 5.26 Å². The average molecular weight is 439 g/mol. The van der Waals surface area contributed by atoms with Crippen LogP contribution in [0.15, 0.2) is 12.4 Å². The van der Waals surface area contributed by atoms with E-state index in [1.54, 1.807) is 10.9 Å². The van der Waals surface area contributed by atoms with Crippen LogP contribution in [0.5, 0.6) is 0 Å². The first-order chi connectivity index (χ1) is 15.3. The number of fused-ring (bicyclic) bond motifs is 5. The number of nitriles is 1. The van der Waals surface area contributed by atoms with Crippen molar-refractivity contribution in [3.05, 3.63) is 18.0 Å². The molecule has 1 heterocycles. The minimum absolute atomic E-state index is 0.0889. The summed E-state index contributed by atoms with van der Waals surface area (Å²) in [7, 11) is 2.07. The van der Waals surface area contributed by atoms with Gasteiger partial charge in [0.2, 0.25) is 0 Å². The van der Waals surface area contributed by atoms with Crippen LogP contribution < -0.4 is 5.32 Å². The highest BCUT2D eigenvalue weighted by Gasteiger charge is 2.60. The van der Waals surface area contributed by atoms with Gasteiger partial charge < -0.3 is 10.4 Å². The van der Waals surface area contributed by atoms with Gasteiger partial charge in [0.25, 0.3) is 0 Å². The molecule has 4 saturated carbocycles. The summed E-state index contributed by atoms with van der Waals surface area (Å²) in [5, 5.41) is 27.7. The minimum Gasteiger partial charge on any atom is -0.390 e. The van der Waals surface area contributed by atoms with Crippen LogP contribution in [-0.4, -0.2) is 39.4 Å². The number of nitrogens with zero attached hydrogens (tertiary/aromatic N) is 3. The van der Waals surface area contributed by atoms with Gasteiger partial charge in [-0.25, -0.2) is 0 Å². The fourth-order valence-electron chi connectivity index (χ4n) is 8.88. The molecule has 5 rings (SSSR count). The van der Waals surface area contributed by atoms with Crippen LogP contribution in [0.2, 0.25) is 0 Å². The van der Waals surface area contributed by atoms with Crippen LogP contribution in [0.4, 0.5) is 0 Å². The number of carbonyl (C=O) groups excluding carboxylic acids is 1. The maximum absolute atomic E-state index is 13.3. The summed E-state index contributed by atoms with van der Waals surface area (Å²) < 4.78 is 1.64. The van der Waals surface area contributed by atoms with Crippen LogP contribution in [0.1, 0.15) is 70.8 Å². The molecule has 0 saturated heterocycles. The van der Waals surface area contributed by atoms with Gasteiger partial charge in [0.05, 0.1) is 23.9 Å². The fourth-order valence-corrected chi connectivity index (χ4v) is 8.88. The number of aliphatic hydroxyl groups is 1. The van der Waals surface area contributed by atoms with Gasteiger partial charge in [-0.3, -0.25) is 9.48 Å². The number of carbonyl (C=O) groups is 1. The second kappa shape index (κ2) is 7.95. The molecule has 4 aliphatic rings. The predicted octanol–water partition coefficient (Wildman–Crippen LogP) is 3.54. The number of ketones is 1. The van der Waals surface area contributed by atoms with Crippen LogP contribution in [0.3, 0.4) is 0 Å². The lowest BCUT2D eigenvalue weighted by atomic mass is 9.48. The highest BCUT2D eigenvalue weighted by Crippen LogP contribution is 2.64. The van der Waals surface area contributed by atoms with E-state index in [2.05, 4.69) is 30.5 Å². The lowest BCUT2D eigenvalue weighted by molar-refractivity contribution is -0.134. The van der Waals surface area contributed by atoms with Gasteiger partial charge in [-0.15, -0.1) is 0 Å². The first kappa shape index (κ1) is 22.1. The van der Waals surface area contributed by atoms with E-state index in [-0.39, 0.29) is 23.7 Å². The Morgan fingerprint density at radius 3 is 2.78 bits per heavy atom. The number of nitrogens with one attached hydrogen (secondary N) is 1. The number of Topliss-reactive ketones (excluding diaryl/α,β-unsaturated/α-hetero) is 1. The third-order valence-electron chi connectivity index (χ3n) is 10.1. The van der Waals surface area contributed by atoms with Crippen LogP contribution in [0.25, 0.3) is 0 Å². The van der Waals surface area contributed by atoms with Crippen molar-refractivity contribution in [3.63, 3.8) is 0 Å². The van der Waals surface area contributed by atoms with Crippen molar-refractivity contribution in [2.24, 2.45) is 40.9 Å². The van der Waals surface area contributed by atoms with Gasteiger partial charge in [-0.05, 0) is 100 Å². The Balaban J connectivity index is 1.33. The van der Waals surface area contributed by atoms with E-state index >= 15 is 0 Å². The monoisotopic (exact) mass is 438 g/mol. The summed E-state index contributed by atoms with van der Waals surface area (Å²) in [4.78, 5) is 13.3. The Bertz CT molecular complexity index is 907. The third-order valence-corrected chi connectivity index (χ3v) is 10.1. The summed E-state index contributed by atoms with van der Waals surface area (Å²) in [5.74, 6) is 3.73. The molecule has 174 valence electrons. The molecule has 0 bridgehead atoms. The molecule has 0 spiro atoms. The number of hydrogen-bond acceptors (Lipinski definition) is 5. The smallest absolute Gasteiger partial charge is 0.157 e. The van der Waals surface area contributed by atoms with Crippen LogP contribution >= 0.6 is 0 Å². The lowest BCUT2D eigenvalue weighted by Crippen LogP contribution is -2.58. The zero-order chi connectivity index (χ0) is 22.7. The van der Waals surface area contributed by atoms with E-state index in [1.165, 1.54) is 25.5 Å². The topological polar surface area (TPSA) is 90.9 Å². The van der Waals surface area contributed by atoms with Gasteiger partial charge in [-0.1, -0.05) is 6.92 Å². The fraction of sp³-hybridized carbons (Fsp3) is 0.808. The van der Waals surface area contributed by atoms with Gasteiger partial charge >= 0.3 is 0 Å². The predicted molar refractivity (Wildman–Crippen MR) is 121 cm³/mol. The summed E-state index contributed by atoms with van der Waals surface area (Å²) >= 11 is 0. The van der Waals surface area contributed by atoms with Gasteiger partial charge in [0.1, 0.15) is 6.07 Å². The maximum atomic E-state index is 13.3. The van der Waals surface area contributed by atoms with Crippen molar-refractivity contribution in [2.45, 2.75) is 83.4 Å². The normalized spacial score (nSPS) is 45.4. The molecule has 4 aliphatic carbocycles. The molecule has 1 unspecified atom stereocenters. The Kier molecular flexibility index (Phi) is 5.49. The van der Waals surface area contributed by atoms with Crippen molar-refractivity contribution in [3.8, 4) is 6.07 Å². The summed E-state index contributed by atoms with van der Waals surface area (Å²) in [6.07, 6.45) is 12.0. The molecule has 1 aromatic rings. The number of hydrogen-bond donors (Lipinski definition) is 2. The van der Waals surface area contributed by atoms with E-state index in [9.17, 15) is 9.90 Å². The summed E-state index contributed by atoms with van der Waals surface area (Å²) in [6, 6.07) is 2.49. The first-order valence-corrected chi connectivity index (χ1v) is 12.6. The molecule has 1 aromatic heterocycles. The Morgan fingerprint density at radius 1 is 1.25 bits per heavy atom. The Hall–Kier alpha value is -1.71. The van der Waals surface area contributed by atoms with Crippen molar-refractivity contribution in [2.75, 3.05) is 7.05 Å². The average Bonchev–Trinajstić information content (AvgIpc) is 3.35. The molecular formula is C26H38N4O2. The molecule has 0 aromatic carbocycles. The molecule has 2 N–H and O–H groups in total. The van der Waals surface area contributed by atoms with Crippen molar-refractivity contribution < 1.29 is 9.90 Å². The molecule has 4 fully saturated rings. The molecule has 6 nitrogen and oxygen atoms in total. The number of rotatable bonds is 4. The van der Waals surface area contributed by atoms with E-state index in [4.69, 9.17) is 5.26 Å². The second-order valence-corrected chi connectivity index (χ2v) is 11.8. The van der Waals surface area contributed by atoms with E-state index in [0.29, 0.717) is 35.3 Å². The van der Waals surface area contributed by atoms with Gasteiger partial charge in [0.15, 0.2) is 5.78 Å². The van der Waals surface area contributed by atoms with E-state index in [1.807, 2.05) is 6.92 Å². The Morgan fingerprint density at radius 2 is 2.06 bits per heavy atom. The minimum atomic E-state index is -0.548. The second-order valence-electron chi connectivity index (χ2n) is 11.8. The maximum Gasteiger partial charge on any atom is 0.157 e. The first-order valence-electron chi connectivity index (χ1n) is 12.6. The standard InChI is InChI=1S/C26H38N4O2/c1-25(32)10-17-4-5-18-19(24(17)22(11-25)28-3)8-9-26(2)20(18)6-7-21(26)23(31)15-30-14-16(12-27)13-29-30/h13-14,17-22,24,28,32H,4-11,15H2,1-3H3/t17-,18-,19+,20+,21-,22?,24+,25+,26+/m1/s1. The van der Waals surface area contributed by atoms with Crippen molar-refractivity contribution in [1.82, 2.24) is 15.1 Å². The van der Waals surface area contributed by atoms with Crippen molar-refractivity contribution >= 4 is 5.78 Å². The molecule has 0 amide bonds. The molecule has 32 heavy (non-hydrogen) atoms. The lowest BCUT2D eigenvalue weighted by Gasteiger charge is -2.58. The Labute approximate surface area is 191 Å². The number of aromatic nitrogens is 2. The zero-order valence-electron chi connectivity index (χ0n) is 19.8. The molecule has 9 atom stereocenters. The van der Waals surface area contributed by atoms with Gasteiger partial charge in [-0.2, -0.15) is 10.4 Å². The van der Waals surface area contributed by atoms with E-state index in [0.717, 1.165) is 38.0 Å².